The molecule has 1 aromatic rings. The van der Waals surface area contributed by atoms with E-state index in [0.717, 1.165) is 23.5 Å². The molecule has 0 spiro atoms. The molecule has 0 radical (unpaired) electrons. The fourth-order valence-electron chi connectivity index (χ4n) is 1.63. The van der Waals surface area contributed by atoms with E-state index in [-0.39, 0.29) is 6.54 Å². The quantitative estimate of drug-likeness (QED) is 0.818. The molecule has 5 heteroatoms. The Morgan fingerprint density at radius 3 is 2.82 bits per heavy atom. The van der Waals surface area contributed by atoms with Crippen LogP contribution in [0.4, 0.5) is 0 Å². The van der Waals surface area contributed by atoms with Crippen LogP contribution in [0.2, 0.25) is 0 Å². The molecule has 0 saturated heterocycles. The lowest BCUT2D eigenvalue weighted by atomic mass is 10.2. The third kappa shape index (κ3) is 3.35. The van der Waals surface area contributed by atoms with E-state index in [9.17, 15) is 4.79 Å². The minimum Gasteiger partial charge on any atom is -0.490 e. The first kappa shape index (κ1) is 11.7. The zero-order valence-electron chi connectivity index (χ0n) is 9.44. The second-order valence-corrected chi connectivity index (χ2v) is 3.83. The number of rotatable bonds is 4. The molecule has 1 aliphatic heterocycles. The molecule has 1 heterocycles. The Morgan fingerprint density at radius 2 is 2.06 bits per heavy atom. The van der Waals surface area contributed by atoms with Crippen molar-refractivity contribution in [2.24, 2.45) is 0 Å². The summed E-state index contributed by atoms with van der Waals surface area (Å²) in [6.45, 7) is 1.78. The van der Waals surface area contributed by atoms with Crippen molar-refractivity contribution in [1.82, 2.24) is 5.32 Å². The summed E-state index contributed by atoms with van der Waals surface area (Å²) < 4.78 is 11.1. The van der Waals surface area contributed by atoms with Crippen molar-refractivity contribution in [2.45, 2.75) is 13.0 Å². The summed E-state index contributed by atoms with van der Waals surface area (Å²) in [4.78, 5) is 10.4. The van der Waals surface area contributed by atoms with Gasteiger partial charge in [0, 0.05) is 13.0 Å². The van der Waals surface area contributed by atoms with Gasteiger partial charge in [-0.25, -0.2) is 0 Å². The van der Waals surface area contributed by atoms with Gasteiger partial charge in [-0.05, 0) is 17.7 Å². The molecule has 0 aromatic heterocycles. The lowest BCUT2D eigenvalue weighted by Gasteiger charge is -2.09. The molecule has 0 unspecified atom stereocenters. The Bertz CT molecular complexity index is 405. The highest BCUT2D eigenvalue weighted by molar-refractivity contribution is 5.69. The topological polar surface area (TPSA) is 67.8 Å². The third-order valence-electron chi connectivity index (χ3n) is 2.42. The first-order chi connectivity index (χ1) is 8.25. The summed E-state index contributed by atoms with van der Waals surface area (Å²) in [5.41, 5.74) is 0.982. The van der Waals surface area contributed by atoms with Gasteiger partial charge in [0.25, 0.3) is 0 Å². The van der Waals surface area contributed by atoms with Gasteiger partial charge < -0.3 is 19.9 Å². The Hall–Kier alpha value is -1.75. The molecule has 0 aliphatic carbocycles. The fraction of sp³-hybridized carbons (Fsp3) is 0.417. The highest BCUT2D eigenvalue weighted by atomic mass is 16.5. The van der Waals surface area contributed by atoms with E-state index < -0.39 is 5.97 Å². The average Bonchev–Trinajstić information content (AvgIpc) is 2.53. The van der Waals surface area contributed by atoms with Crippen molar-refractivity contribution in [3.05, 3.63) is 23.8 Å². The average molecular weight is 237 g/mol. The molecule has 17 heavy (non-hydrogen) atoms. The maximum Gasteiger partial charge on any atom is 0.317 e. The van der Waals surface area contributed by atoms with Gasteiger partial charge in [-0.2, -0.15) is 0 Å². The molecule has 2 rings (SSSR count). The molecule has 1 aromatic carbocycles. The van der Waals surface area contributed by atoms with Crippen LogP contribution in [-0.2, 0) is 11.3 Å². The van der Waals surface area contributed by atoms with Gasteiger partial charge in [-0.15, -0.1) is 0 Å². The summed E-state index contributed by atoms with van der Waals surface area (Å²) in [6, 6.07) is 5.65. The van der Waals surface area contributed by atoms with E-state index in [4.69, 9.17) is 14.6 Å². The third-order valence-corrected chi connectivity index (χ3v) is 2.42. The van der Waals surface area contributed by atoms with E-state index in [2.05, 4.69) is 5.32 Å². The number of aliphatic carboxylic acids is 1. The maximum absolute atomic E-state index is 10.4. The monoisotopic (exact) mass is 237 g/mol. The number of nitrogens with one attached hydrogen (secondary N) is 1. The lowest BCUT2D eigenvalue weighted by molar-refractivity contribution is -0.135. The molecular formula is C12H15NO4. The molecule has 0 fully saturated rings. The van der Waals surface area contributed by atoms with Gasteiger partial charge in [0.2, 0.25) is 0 Å². The number of fused-ring (bicyclic) bond motifs is 1. The zero-order chi connectivity index (χ0) is 12.1. The van der Waals surface area contributed by atoms with Gasteiger partial charge in [0.15, 0.2) is 11.5 Å². The number of hydrogen-bond acceptors (Lipinski definition) is 4. The van der Waals surface area contributed by atoms with Crippen LogP contribution in [0.5, 0.6) is 11.5 Å². The van der Waals surface area contributed by atoms with Crippen molar-refractivity contribution in [2.75, 3.05) is 19.8 Å². The second kappa shape index (κ2) is 5.54. The number of carboxylic acid groups (broad SMARTS) is 1. The van der Waals surface area contributed by atoms with E-state index >= 15 is 0 Å². The van der Waals surface area contributed by atoms with Crippen molar-refractivity contribution in [3.63, 3.8) is 0 Å². The smallest absolute Gasteiger partial charge is 0.317 e. The van der Waals surface area contributed by atoms with E-state index in [1.54, 1.807) is 0 Å². The van der Waals surface area contributed by atoms with Crippen LogP contribution in [0.15, 0.2) is 18.2 Å². The van der Waals surface area contributed by atoms with Crippen LogP contribution in [-0.4, -0.2) is 30.8 Å². The molecule has 92 valence electrons. The van der Waals surface area contributed by atoms with Crippen molar-refractivity contribution in [3.8, 4) is 11.5 Å². The summed E-state index contributed by atoms with van der Waals surface area (Å²) in [6.07, 6.45) is 0.876. The summed E-state index contributed by atoms with van der Waals surface area (Å²) in [5, 5.41) is 11.3. The van der Waals surface area contributed by atoms with E-state index in [1.807, 2.05) is 18.2 Å². The highest BCUT2D eigenvalue weighted by Crippen LogP contribution is 2.30. The molecule has 5 nitrogen and oxygen atoms in total. The summed E-state index contributed by atoms with van der Waals surface area (Å²) in [5.74, 6) is 0.626. The summed E-state index contributed by atoms with van der Waals surface area (Å²) in [7, 11) is 0. The van der Waals surface area contributed by atoms with Crippen molar-refractivity contribution in [1.29, 1.82) is 0 Å². The Kier molecular flexibility index (Phi) is 3.82. The molecule has 0 atom stereocenters. The summed E-state index contributed by atoms with van der Waals surface area (Å²) >= 11 is 0. The Morgan fingerprint density at radius 1 is 1.29 bits per heavy atom. The largest absolute Gasteiger partial charge is 0.490 e. The molecule has 0 bridgehead atoms. The van der Waals surface area contributed by atoms with Crippen molar-refractivity contribution < 1.29 is 19.4 Å². The van der Waals surface area contributed by atoms with Gasteiger partial charge >= 0.3 is 5.97 Å². The SMILES string of the molecule is O=C(O)CNCc1ccc2c(c1)OCCCO2. The highest BCUT2D eigenvalue weighted by Gasteiger charge is 2.10. The van der Waals surface area contributed by atoms with Gasteiger partial charge in [-0.3, -0.25) is 4.79 Å². The van der Waals surface area contributed by atoms with Gasteiger partial charge in [0.05, 0.1) is 19.8 Å². The Balaban J connectivity index is 1.99. The molecule has 2 N–H and O–H groups in total. The van der Waals surface area contributed by atoms with E-state index in [0.29, 0.717) is 19.8 Å². The number of carboxylic acids is 1. The van der Waals surface area contributed by atoms with Crippen LogP contribution >= 0.6 is 0 Å². The van der Waals surface area contributed by atoms with Gasteiger partial charge in [-0.1, -0.05) is 6.07 Å². The molecule has 0 saturated carbocycles. The van der Waals surface area contributed by atoms with Crippen LogP contribution in [0.3, 0.4) is 0 Å². The van der Waals surface area contributed by atoms with Crippen LogP contribution < -0.4 is 14.8 Å². The zero-order valence-corrected chi connectivity index (χ0v) is 9.44. The van der Waals surface area contributed by atoms with Gasteiger partial charge in [0.1, 0.15) is 0 Å². The standard InChI is InChI=1S/C12H15NO4/c14-12(15)8-13-7-9-2-3-10-11(6-9)17-5-1-4-16-10/h2-3,6,13H,1,4-5,7-8H2,(H,14,15). The van der Waals surface area contributed by atoms with E-state index in [1.165, 1.54) is 0 Å². The number of carbonyl (C=O) groups is 1. The molecule has 0 amide bonds. The minimum absolute atomic E-state index is 0.0472. The van der Waals surface area contributed by atoms with Crippen molar-refractivity contribution >= 4 is 5.97 Å². The number of ether oxygens (including phenoxy) is 2. The predicted octanol–water partition coefficient (Wildman–Crippen LogP) is 1.02. The first-order valence-corrected chi connectivity index (χ1v) is 5.57. The number of benzene rings is 1. The molecular weight excluding hydrogens is 222 g/mol. The fourth-order valence-corrected chi connectivity index (χ4v) is 1.63. The maximum atomic E-state index is 10.4. The number of hydrogen-bond donors (Lipinski definition) is 2. The minimum atomic E-state index is -0.862. The molecule has 1 aliphatic rings. The van der Waals surface area contributed by atoms with Crippen LogP contribution in [0.25, 0.3) is 0 Å². The van der Waals surface area contributed by atoms with Crippen LogP contribution in [0, 0.1) is 0 Å². The first-order valence-electron chi connectivity index (χ1n) is 5.57. The van der Waals surface area contributed by atoms with Crippen LogP contribution in [0.1, 0.15) is 12.0 Å². The predicted molar refractivity (Wildman–Crippen MR) is 61.4 cm³/mol. The normalized spacial score (nSPS) is 14.1. The lowest BCUT2D eigenvalue weighted by Crippen LogP contribution is -2.21. The second-order valence-electron chi connectivity index (χ2n) is 3.83. The Labute approximate surface area is 99.3 Å².